The molecule has 4 N–H and O–H groups in total. The molecule has 0 aromatic heterocycles. The van der Waals surface area contributed by atoms with Gasteiger partial charge in [0, 0.05) is 32.5 Å². The molecule has 6 nitrogen and oxygen atoms in total. The van der Waals surface area contributed by atoms with Gasteiger partial charge in [-0.1, -0.05) is 6.58 Å². The van der Waals surface area contributed by atoms with Crippen LogP contribution in [0, 0.1) is 6.92 Å². The Balaban J connectivity index is 2.98. The normalized spacial score (nSPS) is 11.9. The molecule has 1 aromatic rings. The molecule has 0 unspecified atom stereocenters. The molecular weight excluding hydrogens is 264 g/mol. The lowest BCUT2D eigenvalue weighted by molar-refractivity contribution is 0.902. The molecule has 0 bridgehead atoms. The number of amidine groups is 1. The second-order valence-electron chi connectivity index (χ2n) is 4.49. The second kappa shape index (κ2) is 7.94. The van der Waals surface area contributed by atoms with Crippen LogP contribution < -0.4 is 21.3 Å². The first-order chi connectivity index (χ1) is 9.99. The van der Waals surface area contributed by atoms with Gasteiger partial charge in [0.15, 0.2) is 0 Å². The van der Waals surface area contributed by atoms with Crippen molar-refractivity contribution in [2.45, 2.75) is 13.8 Å². The Bertz CT molecular complexity index is 559. The number of aryl methyl sites for hydroxylation is 1. The fourth-order valence-electron chi connectivity index (χ4n) is 1.66. The smallest absolute Gasteiger partial charge is 0.207 e. The summed E-state index contributed by atoms with van der Waals surface area (Å²) in [5.74, 6) is 1.88. The van der Waals surface area contributed by atoms with Gasteiger partial charge in [0.1, 0.15) is 5.84 Å². The summed E-state index contributed by atoms with van der Waals surface area (Å²) in [7, 11) is 5.40. The summed E-state index contributed by atoms with van der Waals surface area (Å²) in [6.07, 6.45) is 0. The van der Waals surface area contributed by atoms with Crippen LogP contribution in [0.4, 0.5) is 11.4 Å². The SMILES string of the molecule is C=C(NC)NC(=NC(C)=NC)Nc1ccc(NC)c(C)c1. The number of guanidine groups is 1. The minimum Gasteiger partial charge on any atom is -0.388 e. The van der Waals surface area contributed by atoms with Crippen LogP contribution in [0.5, 0.6) is 0 Å². The number of nitrogens with zero attached hydrogens (tertiary/aromatic N) is 2. The summed E-state index contributed by atoms with van der Waals surface area (Å²) in [4.78, 5) is 8.42. The van der Waals surface area contributed by atoms with Crippen molar-refractivity contribution < 1.29 is 0 Å². The van der Waals surface area contributed by atoms with Gasteiger partial charge in [-0.25, -0.2) is 4.99 Å². The van der Waals surface area contributed by atoms with Crippen LogP contribution in [0.25, 0.3) is 0 Å². The highest BCUT2D eigenvalue weighted by Crippen LogP contribution is 2.18. The number of anilines is 2. The fourth-order valence-corrected chi connectivity index (χ4v) is 1.66. The van der Waals surface area contributed by atoms with Gasteiger partial charge >= 0.3 is 0 Å². The molecule has 0 atom stereocenters. The predicted molar refractivity (Wildman–Crippen MR) is 92.2 cm³/mol. The summed E-state index contributed by atoms with van der Waals surface area (Å²) in [5, 5.41) is 12.4. The Morgan fingerprint density at radius 2 is 1.95 bits per heavy atom. The average Bonchev–Trinajstić information content (AvgIpc) is 2.47. The molecule has 0 aliphatic rings. The molecule has 0 aliphatic heterocycles. The molecule has 1 aromatic carbocycles. The number of rotatable bonds is 4. The largest absolute Gasteiger partial charge is 0.388 e. The lowest BCUT2D eigenvalue weighted by Crippen LogP contribution is -2.34. The van der Waals surface area contributed by atoms with E-state index in [-0.39, 0.29) is 0 Å². The average molecular weight is 288 g/mol. The monoisotopic (exact) mass is 288 g/mol. The number of hydrogen-bond acceptors (Lipinski definition) is 3. The molecule has 0 radical (unpaired) electrons. The zero-order valence-electron chi connectivity index (χ0n) is 13.3. The van der Waals surface area contributed by atoms with Gasteiger partial charge in [-0.3, -0.25) is 4.99 Å². The molecular formula is C15H24N6. The van der Waals surface area contributed by atoms with E-state index >= 15 is 0 Å². The van der Waals surface area contributed by atoms with Crippen molar-refractivity contribution >= 4 is 23.2 Å². The van der Waals surface area contributed by atoms with Gasteiger partial charge in [0.25, 0.3) is 0 Å². The van der Waals surface area contributed by atoms with Crippen molar-refractivity contribution in [3.63, 3.8) is 0 Å². The topological polar surface area (TPSA) is 72.8 Å². The Labute approximate surface area is 126 Å². The fraction of sp³-hybridized carbons (Fsp3) is 0.333. The van der Waals surface area contributed by atoms with E-state index in [9.17, 15) is 0 Å². The highest BCUT2D eigenvalue weighted by molar-refractivity contribution is 6.02. The van der Waals surface area contributed by atoms with Crippen molar-refractivity contribution in [1.82, 2.24) is 10.6 Å². The summed E-state index contributed by atoms with van der Waals surface area (Å²) in [6.45, 7) is 7.72. The third kappa shape index (κ3) is 5.18. The molecule has 0 amide bonds. The van der Waals surface area contributed by atoms with E-state index in [0.29, 0.717) is 17.6 Å². The molecule has 0 spiro atoms. The molecule has 6 heteroatoms. The van der Waals surface area contributed by atoms with E-state index in [1.54, 1.807) is 14.1 Å². The van der Waals surface area contributed by atoms with Crippen molar-refractivity contribution in [3.8, 4) is 0 Å². The summed E-state index contributed by atoms with van der Waals surface area (Å²) < 4.78 is 0. The minimum atomic E-state index is 0.564. The van der Waals surface area contributed by atoms with E-state index < -0.39 is 0 Å². The molecule has 0 fully saturated rings. The quantitative estimate of drug-likeness (QED) is 0.506. The summed E-state index contributed by atoms with van der Waals surface area (Å²) >= 11 is 0. The van der Waals surface area contributed by atoms with Crippen LogP contribution >= 0.6 is 0 Å². The van der Waals surface area contributed by atoms with Crippen LogP contribution in [0.3, 0.4) is 0 Å². The van der Waals surface area contributed by atoms with Gasteiger partial charge in [0.2, 0.25) is 5.96 Å². The van der Waals surface area contributed by atoms with E-state index in [1.165, 1.54) is 0 Å². The second-order valence-corrected chi connectivity index (χ2v) is 4.49. The molecule has 114 valence electrons. The molecule has 0 heterocycles. The highest BCUT2D eigenvalue weighted by Gasteiger charge is 2.04. The first-order valence-electron chi connectivity index (χ1n) is 6.71. The van der Waals surface area contributed by atoms with Gasteiger partial charge in [-0.05, 0) is 37.6 Å². The maximum absolute atomic E-state index is 4.38. The van der Waals surface area contributed by atoms with Gasteiger partial charge in [-0.15, -0.1) is 0 Å². The van der Waals surface area contributed by atoms with E-state index in [2.05, 4.69) is 37.8 Å². The predicted octanol–water partition coefficient (Wildman–Crippen LogP) is 2.13. The maximum atomic E-state index is 4.38. The van der Waals surface area contributed by atoms with Crippen molar-refractivity contribution in [3.05, 3.63) is 36.2 Å². The summed E-state index contributed by atoms with van der Waals surface area (Å²) in [5.41, 5.74) is 3.18. The molecule has 0 aliphatic carbocycles. The number of aliphatic imine (C=N–C) groups is 2. The third-order valence-corrected chi connectivity index (χ3v) is 2.93. The number of benzene rings is 1. The van der Waals surface area contributed by atoms with Crippen molar-refractivity contribution in [2.24, 2.45) is 9.98 Å². The Hall–Kier alpha value is -2.50. The van der Waals surface area contributed by atoms with Gasteiger partial charge < -0.3 is 21.3 Å². The Kier molecular flexibility index (Phi) is 6.26. The highest BCUT2D eigenvalue weighted by atomic mass is 15.2. The number of hydrogen-bond donors (Lipinski definition) is 4. The van der Waals surface area contributed by atoms with Crippen LogP contribution in [0.15, 0.2) is 40.6 Å². The van der Waals surface area contributed by atoms with Gasteiger partial charge in [0.05, 0.1) is 5.82 Å². The van der Waals surface area contributed by atoms with E-state index in [1.807, 2.05) is 39.1 Å². The third-order valence-electron chi connectivity index (χ3n) is 2.93. The Morgan fingerprint density at radius 1 is 1.24 bits per heavy atom. The minimum absolute atomic E-state index is 0.564. The molecule has 1 rings (SSSR count). The van der Waals surface area contributed by atoms with Crippen molar-refractivity contribution in [2.75, 3.05) is 31.8 Å². The standard InChI is InChI=1S/C15H24N6/c1-10-9-13(7-8-14(10)18-6)21-15(19-11(2)16-4)20-12(3)17-5/h7-9,16,18H,2H2,1,3-6H3,(H2,17,19,20,21). The van der Waals surface area contributed by atoms with Crippen LogP contribution in [0.2, 0.25) is 0 Å². The first kappa shape index (κ1) is 16.6. The molecule has 0 saturated carbocycles. The van der Waals surface area contributed by atoms with E-state index in [4.69, 9.17) is 0 Å². The zero-order valence-corrected chi connectivity index (χ0v) is 13.3. The van der Waals surface area contributed by atoms with E-state index in [0.717, 1.165) is 16.9 Å². The number of nitrogens with one attached hydrogen (secondary N) is 4. The molecule has 0 saturated heterocycles. The lowest BCUT2D eigenvalue weighted by atomic mass is 10.2. The molecule has 21 heavy (non-hydrogen) atoms. The summed E-state index contributed by atoms with van der Waals surface area (Å²) in [6, 6.07) is 6.04. The van der Waals surface area contributed by atoms with Crippen LogP contribution in [-0.2, 0) is 0 Å². The Morgan fingerprint density at radius 3 is 2.48 bits per heavy atom. The zero-order chi connectivity index (χ0) is 15.8. The first-order valence-corrected chi connectivity index (χ1v) is 6.71. The lowest BCUT2D eigenvalue weighted by Gasteiger charge is -2.15. The van der Waals surface area contributed by atoms with Crippen LogP contribution in [-0.4, -0.2) is 32.9 Å². The van der Waals surface area contributed by atoms with Crippen molar-refractivity contribution in [1.29, 1.82) is 0 Å². The maximum Gasteiger partial charge on any atom is 0.207 e. The van der Waals surface area contributed by atoms with Gasteiger partial charge in [-0.2, -0.15) is 0 Å². The van der Waals surface area contributed by atoms with Crippen LogP contribution in [0.1, 0.15) is 12.5 Å².